The molecule has 1 fully saturated rings. The van der Waals surface area contributed by atoms with Gasteiger partial charge in [0, 0.05) is 19.5 Å². The molecule has 7 heteroatoms. The molecule has 0 aliphatic carbocycles. The highest BCUT2D eigenvalue weighted by molar-refractivity contribution is 7.89. The third kappa shape index (κ3) is 7.02. The van der Waals surface area contributed by atoms with Gasteiger partial charge in [0.2, 0.25) is 15.9 Å². The summed E-state index contributed by atoms with van der Waals surface area (Å²) < 4.78 is 28.4. The summed E-state index contributed by atoms with van der Waals surface area (Å²) in [6.07, 6.45) is 4.74. The van der Waals surface area contributed by atoms with Crippen LogP contribution in [0.25, 0.3) is 0 Å². The molecular formula is C24H41N3O3S. The zero-order valence-corrected chi connectivity index (χ0v) is 21.0. The molecule has 0 atom stereocenters. The summed E-state index contributed by atoms with van der Waals surface area (Å²) >= 11 is 0. The third-order valence-corrected chi connectivity index (χ3v) is 8.68. The van der Waals surface area contributed by atoms with E-state index in [1.54, 1.807) is 0 Å². The van der Waals surface area contributed by atoms with Gasteiger partial charge < -0.3 is 10.2 Å². The number of nitrogens with one attached hydrogen (secondary N) is 2. The molecule has 6 nitrogen and oxygen atoms in total. The standard InChI is InChI=1S/C24H41N3O3S/c1-17-10-15-27(16-11-17)14-8-7-12-25-23(28)9-13-26-31(29,30)24-21(5)19(3)18(2)20(4)22(24)6/h17,26H,7-16H2,1-6H3,(H,25,28). The zero-order chi connectivity index (χ0) is 23.2. The molecule has 2 N–H and O–H groups in total. The Morgan fingerprint density at radius 3 is 2.03 bits per heavy atom. The molecule has 1 saturated heterocycles. The topological polar surface area (TPSA) is 78.5 Å². The molecule has 0 unspecified atom stereocenters. The summed E-state index contributed by atoms with van der Waals surface area (Å²) in [4.78, 5) is 15.0. The predicted octanol–water partition coefficient (Wildman–Crippen LogP) is 3.53. The number of benzene rings is 1. The minimum absolute atomic E-state index is 0.102. The molecule has 31 heavy (non-hydrogen) atoms. The van der Waals surface area contributed by atoms with Crippen LogP contribution in [0.3, 0.4) is 0 Å². The van der Waals surface area contributed by atoms with Gasteiger partial charge in [0.1, 0.15) is 0 Å². The van der Waals surface area contributed by atoms with E-state index in [9.17, 15) is 13.2 Å². The van der Waals surface area contributed by atoms with E-state index in [0.29, 0.717) is 11.4 Å². The number of carbonyl (C=O) groups excluding carboxylic acids is 1. The van der Waals surface area contributed by atoms with Crippen molar-refractivity contribution in [3.05, 3.63) is 27.8 Å². The Kier molecular flexibility index (Phi) is 9.52. The molecule has 0 bridgehead atoms. The SMILES string of the molecule is Cc1c(C)c(C)c(S(=O)(=O)NCCC(=O)NCCCCN2CCC(C)CC2)c(C)c1C. The lowest BCUT2D eigenvalue weighted by molar-refractivity contribution is -0.120. The average Bonchev–Trinajstić information content (AvgIpc) is 2.71. The monoisotopic (exact) mass is 451 g/mol. The van der Waals surface area contributed by atoms with Gasteiger partial charge in [-0.25, -0.2) is 13.1 Å². The fourth-order valence-corrected chi connectivity index (χ4v) is 5.93. The average molecular weight is 452 g/mol. The first-order valence-electron chi connectivity index (χ1n) is 11.6. The van der Waals surface area contributed by atoms with Crippen LogP contribution in [-0.2, 0) is 14.8 Å². The molecular weight excluding hydrogens is 410 g/mol. The minimum atomic E-state index is -3.66. The molecule has 0 radical (unpaired) electrons. The van der Waals surface area contributed by atoms with Gasteiger partial charge in [0.15, 0.2) is 0 Å². The van der Waals surface area contributed by atoms with Crippen molar-refractivity contribution in [2.45, 2.75) is 78.5 Å². The van der Waals surface area contributed by atoms with E-state index < -0.39 is 10.0 Å². The lowest BCUT2D eigenvalue weighted by Gasteiger charge is -2.30. The quantitative estimate of drug-likeness (QED) is 0.534. The Morgan fingerprint density at radius 2 is 1.45 bits per heavy atom. The number of piperidine rings is 1. The van der Waals surface area contributed by atoms with Crippen molar-refractivity contribution in [3.63, 3.8) is 0 Å². The zero-order valence-electron chi connectivity index (χ0n) is 20.2. The third-order valence-electron chi connectivity index (χ3n) is 6.94. The van der Waals surface area contributed by atoms with E-state index >= 15 is 0 Å². The van der Waals surface area contributed by atoms with Crippen LogP contribution in [0.15, 0.2) is 4.90 Å². The maximum atomic E-state index is 12.9. The van der Waals surface area contributed by atoms with Crippen LogP contribution >= 0.6 is 0 Å². The van der Waals surface area contributed by atoms with Gasteiger partial charge in [-0.15, -0.1) is 0 Å². The second kappa shape index (κ2) is 11.4. The number of hydrogen-bond donors (Lipinski definition) is 2. The molecule has 2 rings (SSSR count). The van der Waals surface area contributed by atoms with Gasteiger partial charge >= 0.3 is 0 Å². The molecule has 1 aromatic carbocycles. The fraction of sp³-hybridized carbons (Fsp3) is 0.708. The molecule has 1 heterocycles. The number of rotatable bonds is 10. The number of sulfonamides is 1. The number of amides is 1. The van der Waals surface area contributed by atoms with Crippen molar-refractivity contribution in [1.29, 1.82) is 0 Å². The van der Waals surface area contributed by atoms with Gasteiger partial charge in [-0.1, -0.05) is 6.92 Å². The van der Waals surface area contributed by atoms with Crippen molar-refractivity contribution in [3.8, 4) is 0 Å². The van der Waals surface area contributed by atoms with Crippen LogP contribution in [0.5, 0.6) is 0 Å². The summed E-state index contributed by atoms with van der Waals surface area (Å²) in [7, 11) is -3.66. The highest BCUT2D eigenvalue weighted by Gasteiger charge is 2.23. The van der Waals surface area contributed by atoms with Crippen LogP contribution < -0.4 is 10.0 Å². The Labute approximate surface area is 189 Å². The lowest BCUT2D eigenvalue weighted by Crippen LogP contribution is -2.34. The summed E-state index contributed by atoms with van der Waals surface area (Å²) in [5.74, 6) is 0.735. The number of carbonyl (C=O) groups is 1. The number of hydrogen-bond acceptors (Lipinski definition) is 4. The van der Waals surface area contributed by atoms with Crippen molar-refractivity contribution in [2.75, 3.05) is 32.7 Å². The van der Waals surface area contributed by atoms with E-state index in [1.807, 2.05) is 34.6 Å². The first kappa shape index (κ1) is 25.8. The van der Waals surface area contributed by atoms with E-state index in [2.05, 4.69) is 21.9 Å². The normalized spacial score (nSPS) is 15.9. The highest BCUT2D eigenvalue weighted by Crippen LogP contribution is 2.29. The van der Waals surface area contributed by atoms with E-state index in [1.165, 1.54) is 25.9 Å². The summed E-state index contributed by atoms with van der Waals surface area (Å²) in [5, 5.41) is 2.91. The van der Waals surface area contributed by atoms with Crippen LogP contribution in [0.4, 0.5) is 0 Å². The van der Waals surface area contributed by atoms with Gasteiger partial charge in [-0.05, 0) is 114 Å². The van der Waals surface area contributed by atoms with Crippen molar-refractivity contribution in [2.24, 2.45) is 5.92 Å². The Bertz CT molecular complexity index is 844. The Balaban J connectivity index is 1.73. The second-order valence-corrected chi connectivity index (χ2v) is 10.9. The number of unbranched alkanes of at least 4 members (excludes halogenated alkanes) is 1. The van der Waals surface area contributed by atoms with Gasteiger partial charge in [0.05, 0.1) is 4.90 Å². The molecule has 0 saturated carbocycles. The Morgan fingerprint density at radius 1 is 0.903 bits per heavy atom. The lowest BCUT2D eigenvalue weighted by atomic mass is 9.95. The Hall–Kier alpha value is -1.44. The predicted molar refractivity (Wildman–Crippen MR) is 127 cm³/mol. The van der Waals surface area contributed by atoms with Crippen LogP contribution in [0.1, 0.15) is 66.8 Å². The smallest absolute Gasteiger partial charge is 0.241 e. The second-order valence-electron chi connectivity index (χ2n) is 9.18. The van der Waals surface area contributed by atoms with Gasteiger partial charge in [-0.2, -0.15) is 0 Å². The molecule has 0 aromatic heterocycles. The van der Waals surface area contributed by atoms with Gasteiger partial charge in [-0.3, -0.25) is 4.79 Å². The molecule has 1 amide bonds. The largest absolute Gasteiger partial charge is 0.356 e. The maximum absolute atomic E-state index is 12.9. The summed E-state index contributed by atoms with van der Waals surface area (Å²) in [6, 6.07) is 0. The van der Waals surface area contributed by atoms with Crippen LogP contribution in [0.2, 0.25) is 0 Å². The molecule has 176 valence electrons. The molecule has 1 aromatic rings. The molecule has 1 aliphatic rings. The number of likely N-dealkylation sites (tertiary alicyclic amines) is 1. The molecule has 1 aliphatic heterocycles. The van der Waals surface area contributed by atoms with E-state index in [-0.39, 0.29) is 18.9 Å². The van der Waals surface area contributed by atoms with E-state index in [0.717, 1.165) is 53.1 Å². The summed E-state index contributed by atoms with van der Waals surface area (Å²) in [5.41, 5.74) is 4.69. The van der Waals surface area contributed by atoms with Crippen molar-refractivity contribution in [1.82, 2.24) is 14.9 Å². The fourth-order valence-electron chi connectivity index (χ4n) is 4.30. The van der Waals surface area contributed by atoms with Gasteiger partial charge in [0.25, 0.3) is 0 Å². The molecule has 0 spiro atoms. The maximum Gasteiger partial charge on any atom is 0.241 e. The first-order valence-corrected chi connectivity index (χ1v) is 13.1. The van der Waals surface area contributed by atoms with E-state index in [4.69, 9.17) is 0 Å². The number of nitrogens with zero attached hydrogens (tertiary/aromatic N) is 1. The minimum Gasteiger partial charge on any atom is -0.356 e. The summed E-state index contributed by atoms with van der Waals surface area (Å²) in [6.45, 7) is 16.2. The highest BCUT2D eigenvalue weighted by atomic mass is 32.2. The van der Waals surface area contributed by atoms with Crippen LogP contribution in [-0.4, -0.2) is 51.9 Å². The van der Waals surface area contributed by atoms with Crippen molar-refractivity contribution >= 4 is 15.9 Å². The first-order chi connectivity index (χ1) is 14.5. The van der Waals surface area contributed by atoms with Crippen molar-refractivity contribution < 1.29 is 13.2 Å². The van der Waals surface area contributed by atoms with Crippen LogP contribution in [0, 0.1) is 40.5 Å².